The van der Waals surface area contributed by atoms with E-state index in [2.05, 4.69) is 10.2 Å². The van der Waals surface area contributed by atoms with Gasteiger partial charge < -0.3 is 15.1 Å². The Hall–Kier alpha value is -1.69. The second kappa shape index (κ2) is 7.47. The van der Waals surface area contributed by atoms with E-state index in [1.165, 1.54) is 31.0 Å². The van der Waals surface area contributed by atoms with Crippen molar-refractivity contribution in [1.82, 2.24) is 15.1 Å². The largest absolute Gasteiger partial charge is 0.331 e. The minimum absolute atomic E-state index is 0.0823. The number of halogens is 2. The van der Waals surface area contributed by atoms with Gasteiger partial charge in [-0.1, -0.05) is 6.07 Å². The number of carbonyl (C=O) groups is 1. The molecule has 1 aromatic rings. The van der Waals surface area contributed by atoms with Gasteiger partial charge in [-0.2, -0.15) is 0 Å². The second-order valence-corrected chi connectivity index (χ2v) is 6.80. The highest BCUT2D eigenvalue weighted by atomic mass is 19.1. The molecule has 0 spiro atoms. The molecule has 24 heavy (non-hydrogen) atoms. The predicted molar refractivity (Wildman–Crippen MR) is 88.7 cm³/mol. The van der Waals surface area contributed by atoms with Crippen LogP contribution in [-0.2, 0) is 0 Å². The molecule has 0 aromatic heterocycles. The molecule has 4 nitrogen and oxygen atoms in total. The van der Waals surface area contributed by atoms with Gasteiger partial charge >= 0.3 is 6.03 Å². The number of amides is 2. The van der Waals surface area contributed by atoms with E-state index in [1.54, 1.807) is 6.92 Å². The van der Waals surface area contributed by atoms with E-state index in [0.717, 1.165) is 32.5 Å². The van der Waals surface area contributed by atoms with Crippen LogP contribution in [0.25, 0.3) is 0 Å². The maximum atomic E-state index is 13.9. The summed E-state index contributed by atoms with van der Waals surface area (Å²) in [4.78, 5) is 16.8. The third-order valence-corrected chi connectivity index (χ3v) is 5.08. The van der Waals surface area contributed by atoms with Gasteiger partial charge in [-0.15, -0.1) is 0 Å². The van der Waals surface area contributed by atoms with Gasteiger partial charge in [0.15, 0.2) is 0 Å². The van der Waals surface area contributed by atoms with Crippen molar-refractivity contribution in [3.05, 3.63) is 35.4 Å². The molecule has 2 fully saturated rings. The van der Waals surface area contributed by atoms with Crippen LogP contribution in [-0.4, -0.2) is 48.1 Å². The Labute approximate surface area is 141 Å². The summed E-state index contributed by atoms with van der Waals surface area (Å²) < 4.78 is 27.7. The molecule has 3 rings (SSSR count). The summed E-state index contributed by atoms with van der Waals surface area (Å²) in [5.74, 6) is -1.25. The van der Waals surface area contributed by atoms with Gasteiger partial charge in [0, 0.05) is 24.7 Å². The summed E-state index contributed by atoms with van der Waals surface area (Å²) >= 11 is 0. The van der Waals surface area contributed by atoms with Crippen molar-refractivity contribution >= 4 is 6.03 Å². The predicted octanol–water partition coefficient (Wildman–Crippen LogP) is 3.30. The van der Waals surface area contributed by atoms with Crippen LogP contribution in [0.2, 0.25) is 0 Å². The lowest BCUT2D eigenvalue weighted by molar-refractivity contribution is 0.172. The van der Waals surface area contributed by atoms with Crippen molar-refractivity contribution in [2.75, 3.05) is 26.2 Å². The molecular formula is C18H25F2N3O. The number of carbonyl (C=O) groups excluding carboxylic acids is 1. The molecule has 2 saturated heterocycles. The first-order chi connectivity index (χ1) is 11.6. The van der Waals surface area contributed by atoms with Gasteiger partial charge in [-0.3, -0.25) is 0 Å². The van der Waals surface area contributed by atoms with Gasteiger partial charge in [0.1, 0.15) is 11.6 Å². The fraction of sp³-hybridized carbons (Fsp3) is 0.611. The number of nitrogens with one attached hydrogen (secondary N) is 1. The Balaban J connectivity index is 1.62. The number of likely N-dealkylation sites (tertiary alicyclic amines) is 2. The molecule has 132 valence electrons. The first-order valence-electron chi connectivity index (χ1n) is 8.79. The van der Waals surface area contributed by atoms with Crippen molar-refractivity contribution in [1.29, 1.82) is 0 Å². The number of urea groups is 1. The molecule has 6 heteroatoms. The maximum absolute atomic E-state index is 13.9. The Morgan fingerprint density at radius 1 is 1.21 bits per heavy atom. The molecule has 2 atom stereocenters. The Kier molecular flexibility index (Phi) is 5.33. The molecular weight excluding hydrogens is 312 g/mol. The van der Waals surface area contributed by atoms with Crippen LogP contribution in [0.1, 0.15) is 44.2 Å². The van der Waals surface area contributed by atoms with E-state index >= 15 is 0 Å². The van der Waals surface area contributed by atoms with Gasteiger partial charge in [0.2, 0.25) is 0 Å². The van der Waals surface area contributed by atoms with Crippen LogP contribution in [0.4, 0.5) is 13.6 Å². The molecule has 1 N–H and O–H groups in total. The van der Waals surface area contributed by atoms with E-state index < -0.39 is 17.7 Å². The molecule has 2 unspecified atom stereocenters. The van der Waals surface area contributed by atoms with Crippen LogP contribution >= 0.6 is 0 Å². The average Bonchev–Trinajstić information content (AvgIpc) is 3.19. The Bertz CT molecular complexity index is 569. The van der Waals surface area contributed by atoms with Crippen molar-refractivity contribution in [3.8, 4) is 0 Å². The average molecular weight is 337 g/mol. The fourth-order valence-electron chi connectivity index (χ4n) is 3.82. The fourth-order valence-corrected chi connectivity index (χ4v) is 3.82. The van der Waals surface area contributed by atoms with E-state index in [-0.39, 0.29) is 17.6 Å². The zero-order chi connectivity index (χ0) is 17.1. The summed E-state index contributed by atoms with van der Waals surface area (Å²) in [6.07, 6.45) is 4.42. The summed E-state index contributed by atoms with van der Waals surface area (Å²) in [6, 6.07) is 3.02. The lowest BCUT2D eigenvalue weighted by Crippen LogP contribution is -2.47. The van der Waals surface area contributed by atoms with Gasteiger partial charge in [-0.05, 0) is 57.8 Å². The third-order valence-electron chi connectivity index (χ3n) is 5.08. The molecule has 2 aliphatic heterocycles. The molecule has 1 aromatic carbocycles. The quantitative estimate of drug-likeness (QED) is 0.915. The topological polar surface area (TPSA) is 35.6 Å². The molecule has 2 heterocycles. The van der Waals surface area contributed by atoms with E-state index in [1.807, 2.05) is 4.90 Å². The lowest BCUT2D eigenvalue weighted by atomic mass is 10.1. The van der Waals surface area contributed by atoms with Crippen molar-refractivity contribution < 1.29 is 13.6 Å². The standard InChI is InChI=1S/C18H25F2N3O/c1-13(17-15(19)7-4-8-16(17)20)21-18(24)23-11-5-6-14(23)12-22-9-2-3-10-22/h4,7-8,13-14H,2-3,5-6,9-12H2,1H3,(H,21,24). The minimum atomic E-state index is -0.702. The molecule has 0 radical (unpaired) electrons. The maximum Gasteiger partial charge on any atom is 0.318 e. The van der Waals surface area contributed by atoms with Crippen molar-refractivity contribution in [2.45, 2.75) is 44.7 Å². The van der Waals surface area contributed by atoms with E-state index in [4.69, 9.17) is 0 Å². The van der Waals surface area contributed by atoms with Crippen molar-refractivity contribution in [2.24, 2.45) is 0 Å². The summed E-state index contributed by atoms with van der Waals surface area (Å²) in [7, 11) is 0. The van der Waals surface area contributed by atoms with Gasteiger partial charge in [0.05, 0.1) is 6.04 Å². The van der Waals surface area contributed by atoms with Crippen LogP contribution in [0.15, 0.2) is 18.2 Å². The number of rotatable bonds is 4. The van der Waals surface area contributed by atoms with E-state index in [9.17, 15) is 13.6 Å². The van der Waals surface area contributed by atoms with Crippen molar-refractivity contribution in [3.63, 3.8) is 0 Å². The van der Waals surface area contributed by atoms with Crippen LogP contribution in [0.3, 0.4) is 0 Å². The highest BCUT2D eigenvalue weighted by Gasteiger charge is 2.32. The SMILES string of the molecule is CC(NC(=O)N1CCCC1CN1CCCC1)c1c(F)cccc1F. The normalized spacial score (nSPS) is 22.8. The zero-order valence-corrected chi connectivity index (χ0v) is 14.1. The molecule has 0 aliphatic carbocycles. The Morgan fingerprint density at radius 3 is 2.54 bits per heavy atom. The number of benzene rings is 1. The highest BCUT2D eigenvalue weighted by Crippen LogP contribution is 2.23. The molecule has 2 amide bonds. The first-order valence-corrected chi connectivity index (χ1v) is 8.79. The van der Waals surface area contributed by atoms with Crippen LogP contribution in [0, 0.1) is 11.6 Å². The number of hydrogen-bond acceptors (Lipinski definition) is 2. The Morgan fingerprint density at radius 2 is 1.88 bits per heavy atom. The summed E-state index contributed by atoms with van der Waals surface area (Å²) in [5.41, 5.74) is -0.0823. The zero-order valence-electron chi connectivity index (χ0n) is 14.1. The first kappa shape index (κ1) is 17.1. The molecule has 2 aliphatic rings. The highest BCUT2D eigenvalue weighted by molar-refractivity contribution is 5.75. The third kappa shape index (κ3) is 3.69. The smallest absolute Gasteiger partial charge is 0.318 e. The minimum Gasteiger partial charge on any atom is -0.331 e. The van der Waals surface area contributed by atoms with Gasteiger partial charge in [0.25, 0.3) is 0 Å². The monoisotopic (exact) mass is 337 g/mol. The summed E-state index contributed by atoms with van der Waals surface area (Å²) in [5, 5.41) is 2.76. The second-order valence-electron chi connectivity index (χ2n) is 6.80. The molecule has 0 saturated carbocycles. The number of hydrogen-bond donors (Lipinski definition) is 1. The van der Waals surface area contributed by atoms with Crippen LogP contribution < -0.4 is 5.32 Å². The number of nitrogens with zero attached hydrogens (tertiary/aromatic N) is 2. The van der Waals surface area contributed by atoms with Crippen LogP contribution in [0.5, 0.6) is 0 Å². The van der Waals surface area contributed by atoms with Gasteiger partial charge in [-0.25, -0.2) is 13.6 Å². The summed E-state index contributed by atoms with van der Waals surface area (Å²) in [6.45, 7) is 5.42. The van der Waals surface area contributed by atoms with E-state index in [0.29, 0.717) is 6.54 Å². The molecule has 0 bridgehead atoms. The lowest BCUT2D eigenvalue weighted by Gasteiger charge is -2.30.